The molecular weight excluding hydrogens is 190 g/mol. The summed E-state index contributed by atoms with van der Waals surface area (Å²) in [6.45, 7) is 2.41. The molecule has 0 bridgehead atoms. The third-order valence-corrected chi connectivity index (χ3v) is 2.51. The fourth-order valence-corrected chi connectivity index (χ4v) is 1.69. The predicted octanol–water partition coefficient (Wildman–Crippen LogP) is 1.36. The average Bonchev–Trinajstić information content (AvgIpc) is 2.59. The van der Waals surface area contributed by atoms with E-state index in [4.69, 9.17) is 10.2 Å². The summed E-state index contributed by atoms with van der Waals surface area (Å²) in [6.07, 6.45) is 0. The number of nitrogens with zero attached hydrogens (tertiary/aromatic N) is 1. The second kappa shape index (κ2) is 4.00. The molecule has 0 aliphatic heterocycles. The van der Waals surface area contributed by atoms with E-state index in [-0.39, 0.29) is 6.04 Å². The number of hydrogen-bond acceptors (Lipinski definition) is 4. The zero-order valence-electron chi connectivity index (χ0n) is 8.95. The van der Waals surface area contributed by atoms with E-state index in [2.05, 4.69) is 10.3 Å². The van der Waals surface area contributed by atoms with Crippen molar-refractivity contribution in [2.45, 2.75) is 13.0 Å². The molecule has 0 radical (unpaired) electrons. The smallest absolute Gasteiger partial charge is 0.192 e. The standard InChI is InChI=1S/C11H15N3O/c1-7-14-9-4-3-8(5-11(9)15-7)10(6-12)13-2/h3-5,10,13H,6,12H2,1-2H3. The number of likely N-dealkylation sites (N-methyl/N-ethyl adjacent to an activating group) is 1. The van der Waals surface area contributed by atoms with Crippen LogP contribution in [-0.4, -0.2) is 18.6 Å². The number of benzene rings is 1. The minimum Gasteiger partial charge on any atom is -0.441 e. The summed E-state index contributed by atoms with van der Waals surface area (Å²) in [5, 5.41) is 3.15. The maximum Gasteiger partial charge on any atom is 0.192 e. The molecule has 0 fully saturated rings. The molecule has 1 aromatic carbocycles. The summed E-state index contributed by atoms with van der Waals surface area (Å²) >= 11 is 0. The number of oxazole rings is 1. The maximum atomic E-state index is 5.66. The fourth-order valence-electron chi connectivity index (χ4n) is 1.69. The molecule has 0 aliphatic carbocycles. The highest BCUT2D eigenvalue weighted by Gasteiger charge is 2.09. The monoisotopic (exact) mass is 205 g/mol. The van der Waals surface area contributed by atoms with Gasteiger partial charge in [0.05, 0.1) is 0 Å². The van der Waals surface area contributed by atoms with Crippen LogP contribution in [0, 0.1) is 6.92 Å². The van der Waals surface area contributed by atoms with Gasteiger partial charge in [0.1, 0.15) is 5.52 Å². The average molecular weight is 205 g/mol. The Bertz CT molecular complexity index is 460. The summed E-state index contributed by atoms with van der Waals surface area (Å²) in [4.78, 5) is 4.25. The Morgan fingerprint density at radius 1 is 1.53 bits per heavy atom. The van der Waals surface area contributed by atoms with E-state index in [1.807, 2.05) is 32.2 Å². The number of aryl methyl sites for hydroxylation is 1. The van der Waals surface area contributed by atoms with Crippen LogP contribution < -0.4 is 11.1 Å². The van der Waals surface area contributed by atoms with Gasteiger partial charge < -0.3 is 15.5 Å². The van der Waals surface area contributed by atoms with E-state index in [0.29, 0.717) is 12.4 Å². The Morgan fingerprint density at radius 2 is 2.33 bits per heavy atom. The molecule has 0 saturated carbocycles. The van der Waals surface area contributed by atoms with E-state index in [1.165, 1.54) is 0 Å². The van der Waals surface area contributed by atoms with Gasteiger partial charge in [-0.3, -0.25) is 0 Å². The lowest BCUT2D eigenvalue weighted by Crippen LogP contribution is -2.24. The third-order valence-electron chi connectivity index (χ3n) is 2.51. The third kappa shape index (κ3) is 1.86. The van der Waals surface area contributed by atoms with E-state index in [0.717, 1.165) is 16.7 Å². The molecule has 2 rings (SSSR count). The first-order chi connectivity index (χ1) is 7.24. The van der Waals surface area contributed by atoms with Crippen LogP contribution >= 0.6 is 0 Å². The van der Waals surface area contributed by atoms with Crippen molar-refractivity contribution in [1.29, 1.82) is 0 Å². The zero-order chi connectivity index (χ0) is 10.8. The number of nitrogens with two attached hydrogens (primary N) is 1. The lowest BCUT2D eigenvalue weighted by molar-refractivity contribution is 0.558. The number of nitrogens with one attached hydrogen (secondary N) is 1. The fraction of sp³-hybridized carbons (Fsp3) is 0.364. The SMILES string of the molecule is CNC(CN)c1ccc2nc(C)oc2c1. The van der Waals surface area contributed by atoms with Crippen molar-refractivity contribution in [2.24, 2.45) is 5.73 Å². The van der Waals surface area contributed by atoms with E-state index in [9.17, 15) is 0 Å². The largest absolute Gasteiger partial charge is 0.441 e. The molecule has 1 aromatic heterocycles. The molecule has 4 nitrogen and oxygen atoms in total. The summed E-state index contributed by atoms with van der Waals surface area (Å²) in [5.74, 6) is 0.691. The van der Waals surface area contributed by atoms with Gasteiger partial charge in [-0.1, -0.05) is 6.07 Å². The van der Waals surface area contributed by atoms with Crippen LogP contribution in [0.4, 0.5) is 0 Å². The number of fused-ring (bicyclic) bond motifs is 1. The van der Waals surface area contributed by atoms with Crippen molar-refractivity contribution in [3.63, 3.8) is 0 Å². The molecule has 0 saturated heterocycles. The molecule has 80 valence electrons. The van der Waals surface area contributed by atoms with Crippen molar-refractivity contribution in [3.05, 3.63) is 29.7 Å². The first-order valence-corrected chi connectivity index (χ1v) is 4.99. The second-order valence-electron chi connectivity index (χ2n) is 3.54. The Balaban J connectivity index is 2.45. The molecule has 15 heavy (non-hydrogen) atoms. The topological polar surface area (TPSA) is 64.1 Å². The van der Waals surface area contributed by atoms with Crippen molar-refractivity contribution in [1.82, 2.24) is 10.3 Å². The van der Waals surface area contributed by atoms with Gasteiger partial charge in [-0.15, -0.1) is 0 Å². The Morgan fingerprint density at radius 3 is 3.00 bits per heavy atom. The van der Waals surface area contributed by atoms with Crippen LogP contribution in [0.5, 0.6) is 0 Å². The van der Waals surface area contributed by atoms with E-state index < -0.39 is 0 Å². The van der Waals surface area contributed by atoms with Crippen LogP contribution in [0.2, 0.25) is 0 Å². The second-order valence-corrected chi connectivity index (χ2v) is 3.54. The van der Waals surface area contributed by atoms with E-state index >= 15 is 0 Å². The summed E-state index contributed by atoms with van der Waals surface area (Å²) in [6, 6.07) is 6.14. The Kier molecular flexibility index (Phi) is 2.70. The van der Waals surface area contributed by atoms with E-state index in [1.54, 1.807) is 0 Å². The molecule has 1 heterocycles. The quantitative estimate of drug-likeness (QED) is 0.794. The van der Waals surface area contributed by atoms with Gasteiger partial charge in [0, 0.05) is 19.5 Å². The number of aromatic nitrogens is 1. The van der Waals surface area contributed by atoms with Gasteiger partial charge in [0.2, 0.25) is 0 Å². The van der Waals surface area contributed by atoms with Gasteiger partial charge in [-0.2, -0.15) is 0 Å². The zero-order valence-corrected chi connectivity index (χ0v) is 8.95. The lowest BCUT2D eigenvalue weighted by atomic mass is 10.1. The predicted molar refractivity (Wildman–Crippen MR) is 59.6 cm³/mol. The van der Waals surface area contributed by atoms with Gasteiger partial charge in [-0.05, 0) is 24.7 Å². The summed E-state index contributed by atoms with van der Waals surface area (Å²) in [7, 11) is 1.90. The normalized spacial score (nSPS) is 13.3. The highest BCUT2D eigenvalue weighted by atomic mass is 16.3. The molecular formula is C11H15N3O. The number of rotatable bonds is 3. The summed E-state index contributed by atoms with van der Waals surface area (Å²) in [5.41, 5.74) is 8.49. The highest BCUT2D eigenvalue weighted by Crippen LogP contribution is 2.20. The molecule has 0 aliphatic rings. The number of hydrogen-bond donors (Lipinski definition) is 2. The highest BCUT2D eigenvalue weighted by molar-refractivity contribution is 5.73. The minimum atomic E-state index is 0.166. The summed E-state index contributed by atoms with van der Waals surface area (Å²) < 4.78 is 5.47. The minimum absolute atomic E-state index is 0.166. The molecule has 1 unspecified atom stereocenters. The van der Waals surface area contributed by atoms with Crippen molar-refractivity contribution < 1.29 is 4.42 Å². The molecule has 0 spiro atoms. The Hall–Kier alpha value is -1.39. The van der Waals surface area contributed by atoms with Crippen molar-refractivity contribution >= 4 is 11.1 Å². The van der Waals surface area contributed by atoms with Crippen LogP contribution in [0.1, 0.15) is 17.5 Å². The van der Waals surface area contributed by atoms with Crippen molar-refractivity contribution in [3.8, 4) is 0 Å². The first kappa shape index (κ1) is 10.1. The lowest BCUT2D eigenvalue weighted by Gasteiger charge is -2.13. The molecule has 1 atom stereocenters. The van der Waals surface area contributed by atoms with Gasteiger partial charge in [-0.25, -0.2) is 4.98 Å². The molecule has 3 N–H and O–H groups in total. The van der Waals surface area contributed by atoms with Crippen LogP contribution in [0.25, 0.3) is 11.1 Å². The Labute approximate surface area is 88.5 Å². The van der Waals surface area contributed by atoms with Gasteiger partial charge in [0.15, 0.2) is 11.5 Å². The van der Waals surface area contributed by atoms with Crippen molar-refractivity contribution in [2.75, 3.05) is 13.6 Å². The molecule has 4 heteroatoms. The van der Waals surface area contributed by atoms with Crippen LogP contribution in [0.15, 0.2) is 22.6 Å². The van der Waals surface area contributed by atoms with Gasteiger partial charge in [0.25, 0.3) is 0 Å². The van der Waals surface area contributed by atoms with Crippen LogP contribution in [-0.2, 0) is 0 Å². The molecule has 2 aromatic rings. The first-order valence-electron chi connectivity index (χ1n) is 4.99. The molecule has 0 amide bonds. The maximum absolute atomic E-state index is 5.66. The van der Waals surface area contributed by atoms with Gasteiger partial charge >= 0.3 is 0 Å². The van der Waals surface area contributed by atoms with Crippen LogP contribution in [0.3, 0.4) is 0 Å².